The minimum Gasteiger partial charge on any atom is -0.493 e. The summed E-state index contributed by atoms with van der Waals surface area (Å²) < 4.78 is 16.5. The number of benzene rings is 2. The van der Waals surface area contributed by atoms with Gasteiger partial charge in [0.1, 0.15) is 22.5 Å². The van der Waals surface area contributed by atoms with Gasteiger partial charge in [0.2, 0.25) is 5.75 Å². The topological polar surface area (TPSA) is 102 Å². The van der Waals surface area contributed by atoms with Gasteiger partial charge < -0.3 is 19.5 Å². The monoisotopic (exact) mass is 505 g/mol. The average Bonchev–Trinajstić information content (AvgIpc) is 3.43. The second-order valence-electron chi connectivity index (χ2n) is 7.16. The first-order valence-electron chi connectivity index (χ1n) is 10.6. The molecule has 2 aromatic carbocycles. The number of ether oxygens (including phenoxy) is 3. The van der Waals surface area contributed by atoms with Gasteiger partial charge in [-0.05, 0) is 17.7 Å². The zero-order chi connectivity index (χ0) is 24.6. The van der Waals surface area contributed by atoms with Gasteiger partial charge in [-0.25, -0.2) is 15.0 Å². The van der Waals surface area contributed by atoms with Crippen LogP contribution in [0.15, 0.2) is 59.2 Å². The summed E-state index contributed by atoms with van der Waals surface area (Å²) in [5, 5.41) is 16.7. The van der Waals surface area contributed by atoms with E-state index in [1.54, 1.807) is 39.7 Å². The normalized spacial score (nSPS) is 10.5. The summed E-state index contributed by atoms with van der Waals surface area (Å²) in [4.78, 5) is 13.7. The summed E-state index contributed by atoms with van der Waals surface area (Å²) in [7, 11) is 4.65. The number of methoxy groups -OCH3 is 3. The molecule has 0 amide bonds. The van der Waals surface area contributed by atoms with Crippen molar-refractivity contribution in [2.24, 2.45) is 0 Å². The molecule has 0 aliphatic heterocycles. The van der Waals surface area contributed by atoms with Crippen LogP contribution in [0.4, 0.5) is 5.82 Å². The standard InChI is InChI=1S/C25H23N5O3S2/c1-31-19-11-17(12-20(32-2)23(19)33-3)22-18(13-26)24(28-14-21-27-9-10-34-21)30-25(29-22)35-15-16-7-5-4-6-8-16/h4-12H,14-15H2,1-3H3,(H,28,29,30). The van der Waals surface area contributed by atoms with E-state index in [0.717, 1.165) is 10.6 Å². The summed E-state index contributed by atoms with van der Waals surface area (Å²) in [6.07, 6.45) is 1.75. The van der Waals surface area contributed by atoms with E-state index in [9.17, 15) is 5.26 Å². The van der Waals surface area contributed by atoms with Crippen LogP contribution >= 0.6 is 23.1 Å². The van der Waals surface area contributed by atoms with Crippen molar-refractivity contribution in [1.29, 1.82) is 5.26 Å². The number of aromatic nitrogens is 3. The molecule has 0 aliphatic rings. The quantitative estimate of drug-likeness (QED) is 0.224. The smallest absolute Gasteiger partial charge is 0.203 e. The van der Waals surface area contributed by atoms with E-state index < -0.39 is 0 Å². The molecule has 0 bridgehead atoms. The van der Waals surface area contributed by atoms with Gasteiger partial charge in [0.15, 0.2) is 16.7 Å². The number of rotatable bonds is 10. The zero-order valence-corrected chi connectivity index (χ0v) is 21.1. The van der Waals surface area contributed by atoms with Gasteiger partial charge in [0, 0.05) is 22.9 Å². The fraction of sp³-hybridized carbons (Fsp3) is 0.200. The average molecular weight is 506 g/mol. The Kier molecular flexibility index (Phi) is 8.03. The van der Waals surface area contributed by atoms with Gasteiger partial charge >= 0.3 is 0 Å². The summed E-state index contributed by atoms with van der Waals surface area (Å²) in [6, 6.07) is 15.9. The van der Waals surface area contributed by atoms with Crippen LogP contribution in [0.25, 0.3) is 11.3 Å². The van der Waals surface area contributed by atoms with Gasteiger partial charge in [0.05, 0.1) is 33.6 Å². The molecule has 178 valence electrons. The Bertz CT molecular complexity index is 1300. The number of hydrogen-bond donors (Lipinski definition) is 1. The molecule has 35 heavy (non-hydrogen) atoms. The van der Waals surface area contributed by atoms with Crippen molar-refractivity contribution in [2.45, 2.75) is 17.5 Å². The highest BCUT2D eigenvalue weighted by molar-refractivity contribution is 7.98. The Morgan fingerprint density at radius 2 is 1.77 bits per heavy atom. The maximum absolute atomic E-state index is 10.1. The Labute approximate surface area is 211 Å². The number of anilines is 1. The Morgan fingerprint density at radius 1 is 1.03 bits per heavy atom. The Hall–Kier alpha value is -3.81. The summed E-state index contributed by atoms with van der Waals surface area (Å²) in [5.74, 6) is 2.54. The Balaban J connectivity index is 1.79. The molecular formula is C25H23N5O3S2. The molecule has 4 rings (SSSR count). The van der Waals surface area contributed by atoms with E-state index in [1.165, 1.54) is 23.1 Å². The highest BCUT2D eigenvalue weighted by Crippen LogP contribution is 2.42. The van der Waals surface area contributed by atoms with E-state index in [0.29, 0.717) is 57.3 Å². The lowest BCUT2D eigenvalue weighted by Gasteiger charge is -2.16. The van der Waals surface area contributed by atoms with Gasteiger partial charge in [-0.15, -0.1) is 11.3 Å². The van der Waals surface area contributed by atoms with Gasteiger partial charge in [-0.1, -0.05) is 42.1 Å². The number of thioether (sulfide) groups is 1. The molecule has 0 saturated heterocycles. The van der Waals surface area contributed by atoms with E-state index in [1.807, 2.05) is 23.6 Å². The fourth-order valence-electron chi connectivity index (χ4n) is 3.39. The summed E-state index contributed by atoms with van der Waals surface area (Å²) in [5.41, 5.74) is 2.59. The first-order chi connectivity index (χ1) is 17.2. The number of nitrogens with zero attached hydrogens (tertiary/aromatic N) is 4. The van der Waals surface area contributed by atoms with Gasteiger partial charge in [-0.2, -0.15) is 5.26 Å². The number of thiazole rings is 1. The highest BCUT2D eigenvalue weighted by atomic mass is 32.2. The molecule has 0 atom stereocenters. The molecule has 0 unspecified atom stereocenters. The maximum Gasteiger partial charge on any atom is 0.203 e. The second-order valence-corrected chi connectivity index (χ2v) is 9.08. The molecule has 0 radical (unpaired) electrons. The van der Waals surface area contributed by atoms with Crippen LogP contribution in [0.2, 0.25) is 0 Å². The molecule has 0 aliphatic carbocycles. The highest BCUT2D eigenvalue weighted by Gasteiger charge is 2.21. The molecule has 2 aromatic heterocycles. The third kappa shape index (κ3) is 5.65. The number of nitrogens with one attached hydrogen (secondary N) is 1. The van der Waals surface area contributed by atoms with E-state index in [4.69, 9.17) is 19.2 Å². The first kappa shape index (κ1) is 24.3. The summed E-state index contributed by atoms with van der Waals surface area (Å²) >= 11 is 3.02. The van der Waals surface area contributed by atoms with Crippen molar-refractivity contribution in [3.05, 3.63) is 70.2 Å². The number of nitriles is 1. The molecule has 0 saturated carbocycles. The van der Waals surface area contributed by atoms with Crippen LogP contribution < -0.4 is 19.5 Å². The van der Waals surface area contributed by atoms with Crippen molar-refractivity contribution >= 4 is 28.9 Å². The molecule has 8 nitrogen and oxygen atoms in total. The number of hydrogen-bond acceptors (Lipinski definition) is 10. The van der Waals surface area contributed by atoms with Crippen molar-refractivity contribution in [1.82, 2.24) is 15.0 Å². The maximum atomic E-state index is 10.1. The van der Waals surface area contributed by atoms with Crippen LogP contribution in [0, 0.1) is 11.3 Å². The van der Waals surface area contributed by atoms with Crippen LogP contribution in [0.3, 0.4) is 0 Å². The van der Waals surface area contributed by atoms with Crippen molar-refractivity contribution in [3.63, 3.8) is 0 Å². The zero-order valence-electron chi connectivity index (χ0n) is 19.4. The van der Waals surface area contributed by atoms with Crippen molar-refractivity contribution in [2.75, 3.05) is 26.6 Å². The summed E-state index contributed by atoms with van der Waals surface area (Å²) in [6.45, 7) is 0.445. The molecule has 0 fully saturated rings. The van der Waals surface area contributed by atoms with E-state index >= 15 is 0 Å². The SMILES string of the molecule is COc1cc(-c2nc(SCc3ccccc3)nc(NCc3nccs3)c2C#N)cc(OC)c1OC. The van der Waals surface area contributed by atoms with Crippen molar-refractivity contribution in [3.8, 4) is 34.6 Å². The second kappa shape index (κ2) is 11.6. The minimum absolute atomic E-state index is 0.319. The molecular weight excluding hydrogens is 482 g/mol. The molecule has 1 N–H and O–H groups in total. The van der Waals surface area contributed by atoms with Crippen LogP contribution in [0.1, 0.15) is 16.1 Å². The third-order valence-corrected chi connectivity index (χ3v) is 6.74. The first-order valence-corrected chi connectivity index (χ1v) is 12.4. The lowest BCUT2D eigenvalue weighted by molar-refractivity contribution is 0.324. The predicted molar refractivity (Wildman–Crippen MR) is 137 cm³/mol. The molecule has 10 heteroatoms. The van der Waals surface area contributed by atoms with Crippen LogP contribution in [0.5, 0.6) is 17.2 Å². The predicted octanol–water partition coefficient (Wildman–Crippen LogP) is 5.40. The Morgan fingerprint density at radius 3 is 2.37 bits per heavy atom. The third-order valence-electron chi connectivity index (χ3n) is 5.04. The molecule has 2 heterocycles. The van der Waals surface area contributed by atoms with Gasteiger partial charge in [0.25, 0.3) is 0 Å². The van der Waals surface area contributed by atoms with Crippen LogP contribution in [-0.2, 0) is 12.3 Å². The fourth-order valence-corrected chi connectivity index (χ4v) is 4.74. The van der Waals surface area contributed by atoms with E-state index in [2.05, 4.69) is 33.5 Å². The van der Waals surface area contributed by atoms with Crippen LogP contribution in [-0.4, -0.2) is 36.3 Å². The largest absolute Gasteiger partial charge is 0.493 e. The molecule has 0 spiro atoms. The van der Waals surface area contributed by atoms with E-state index in [-0.39, 0.29) is 0 Å². The van der Waals surface area contributed by atoms with Gasteiger partial charge in [-0.3, -0.25) is 0 Å². The van der Waals surface area contributed by atoms with Crippen molar-refractivity contribution < 1.29 is 14.2 Å². The lowest BCUT2D eigenvalue weighted by atomic mass is 10.1. The lowest BCUT2D eigenvalue weighted by Crippen LogP contribution is -2.07. The minimum atomic E-state index is 0.319. The molecule has 4 aromatic rings.